The van der Waals surface area contributed by atoms with Gasteiger partial charge in [0.2, 0.25) is 5.91 Å². The molecule has 1 heterocycles. The average Bonchev–Trinajstić information content (AvgIpc) is 2.65. The zero-order valence-electron chi connectivity index (χ0n) is 12.9. The maximum Gasteiger partial charge on any atom is 0.230 e. The minimum Gasteiger partial charge on any atom is -0.349 e. The molecule has 21 heavy (non-hydrogen) atoms. The molecule has 2 atom stereocenters. The van der Waals surface area contributed by atoms with Gasteiger partial charge in [-0.05, 0) is 25.7 Å². The van der Waals surface area contributed by atoms with Gasteiger partial charge >= 0.3 is 0 Å². The molecule has 3 N–H and O–H groups in total. The molecule has 0 radical (unpaired) electrons. The van der Waals surface area contributed by atoms with Gasteiger partial charge in [-0.1, -0.05) is 13.8 Å². The van der Waals surface area contributed by atoms with Crippen LogP contribution in [-0.4, -0.2) is 48.9 Å². The van der Waals surface area contributed by atoms with Gasteiger partial charge in [-0.2, -0.15) is 0 Å². The molecule has 0 saturated carbocycles. The van der Waals surface area contributed by atoms with Crippen molar-refractivity contribution in [1.82, 2.24) is 5.32 Å². The van der Waals surface area contributed by atoms with Crippen molar-refractivity contribution in [3.63, 3.8) is 0 Å². The summed E-state index contributed by atoms with van der Waals surface area (Å²) in [6, 6.07) is 0. The summed E-state index contributed by atoms with van der Waals surface area (Å²) in [6.45, 7) is 6.55. The summed E-state index contributed by atoms with van der Waals surface area (Å²) in [6.07, 6.45) is 1.48. The zero-order chi connectivity index (χ0) is 15.4. The first-order chi connectivity index (χ1) is 9.16. The monoisotopic (exact) mass is 358 g/mol. The van der Waals surface area contributed by atoms with Crippen LogP contribution in [0.2, 0.25) is 0 Å². The van der Waals surface area contributed by atoms with Crippen LogP contribution in [0.1, 0.15) is 33.6 Å². The molecule has 5 nitrogen and oxygen atoms in total. The van der Waals surface area contributed by atoms with E-state index in [4.69, 9.17) is 5.73 Å². The maximum absolute atomic E-state index is 12.0. The molecular formula is C13H27ClN2O3S2. The van der Waals surface area contributed by atoms with Gasteiger partial charge < -0.3 is 11.1 Å². The number of hydrogen-bond acceptors (Lipinski definition) is 5. The van der Waals surface area contributed by atoms with Crippen LogP contribution in [0.4, 0.5) is 0 Å². The molecule has 0 aromatic carbocycles. The molecule has 0 aliphatic carbocycles. The number of hydrogen-bond donors (Lipinski definition) is 2. The molecule has 2 unspecified atom stereocenters. The van der Waals surface area contributed by atoms with Crippen LogP contribution in [0.5, 0.6) is 0 Å². The molecule has 1 amide bonds. The van der Waals surface area contributed by atoms with Crippen molar-refractivity contribution >= 4 is 39.9 Å². The standard InChI is InChI=1S/C13H26N2O3S2.ClH/c1-10(2)6-13(3,9-14)15-12(16)7-19-11-4-5-20(17,18)8-11;/h10-11H,4-9,14H2,1-3H3,(H,15,16);1H. The van der Waals surface area contributed by atoms with Crippen molar-refractivity contribution in [3.8, 4) is 0 Å². The van der Waals surface area contributed by atoms with Crippen molar-refractivity contribution in [1.29, 1.82) is 0 Å². The zero-order valence-corrected chi connectivity index (χ0v) is 15.4. The van der Waals surface area contributed by atoms with Gasteiger partial charge in [-0.15, -0.1) is 24.2 Å². The summed E-state index contributed by atoms with van der Waals surface area (Å²) in [4.78, 5) is 12.0. The Morgan fingerprint density at radius 3 is 2.52 bits per heavy atom. The van der Waals surface area contributed by atoms with E-state index in [9.17, 15) is 13.2 Å². The second-order valence-electron chi connectivity index (χ2n) is 6.25. The second kappa shape index (κ2) is 8.60. The number of nitrogens with two attached hydrogens (primary N) is 1. The normalized spacial score (nSPS) is 23.4. The van der Waals surface area contributed by atoms with E-state index in [2.05, 4.69) is 19.2 Å². The molecular weight excluding hydrogens is 332 g/mol. The first-order valence-electron chi connectivity index (χ1n) is 6.99. The summed E-state index contributed by atoms with van der Waals surface area (Å²) in [7, 11) is -2.87. The van der Waals surface area contributed by atoms with Gasteiger partial charge in [0.15, 0.2) is 9.84 Å². The van der Waals surface area contributed by atoms with E-state index in [1.54, 1.807) is 0 Å². The number of nitrogens with one attached hydrogen (secondary N) is 1. The smallest absolute Gasteiger partial charge is 0.230 e. The number of carbonyl (C=O) groups is 1. The minimum atomic E-state index is -2.87. The number of sulfone groups is 1. The van der Waals surface area contributed by atoms with Crippen LogP contribution in [0.15, 0.2) is 0 Å². The van der Waals surface area contributed by atoms with Crippen molar-refractivity contribution in [3.05, 3.63) is 0 Å². The van der Waals surface area contributed by atoms with Gasteiger partial charge in [-0.3, -0.25) is 4.79 Å². The topological polar surface area (TPSA) is 89.3 Å². The van der Waals surface area contributed by atoms with Gasteiger partial charge in [0.1, 0.15) is 0 Å². The Bertz CT molecular complexity index is 443. The molecule has 0 aromatic rings. The van der Waals surface area contributed by atoms with Crippen molar-refractivity contribution in [2.24, 2.45) is 11.7 Å². The van der Waals surface area contributed by atoms with Gasteiger partial charge in [-0.25, -0.2) is 8.42 Å². The van der Waals surface area contributed by atoms with Crippen LogP contribution in [0.25, 0.3) is 0 Å². The molecule has 1 fully saturated rings. The van der Waals surface area contributed by atoms with E-state index in [0.717, 1.165) is 6.42 Å². The third-order valence-electron chi connectivity index (χ3n) is 3.39. The van der Waals surface area contributed by atoms with E-state index >= 15 is 0 Å². The quantitative estimate of drug-likeness (QED) is 0.714. The van der Waals surface area contributed by atoms with E-state index in [1.807, 2.05) is 6.92 Å². The highest BCUT2D eigenvalue weighted by Gasteiger charge is 2.30. The predicted octanol–water partition coefficient (Wildman–Crippen LogP) is 1.21. The van der Waals surface area contributed by atoms with E-state index < -0.39 is 9.84 Å². The lowest BCUT2D eigenvalue weighted by atomic mass is 9.91. The Morgan fingerprint density at radius 2 is 2.10 bits per heavy atom. The summed E-state index contributed by atoms with van der Waals surface area (Å²) >= 11 is 1.43. The fourth-order valence-electron chi connectivity index (χ4n) is 2.54. The fourth-order valence-corrected chi connectivity index (χ4v) is 5.99. The Morgan fingerprint density at radius 1 is 1.48 bits per heavy atom. The lowest BCUT2D eigenvalue weighted by Gasteiger charge is -2.31. The lowest BCUT2D eigenvalue weighted by molar-refractivity contribution is -0.120. The lowest BCUT2D eigenvalue weighted by Crippen LogP contribution is -2.52. The highest BCUT2D eigenvalue weighted by Crippen LogP contribution is 2.24. The van der Waals surface area contributed by atoms with Gasteiger partial charge in [0, 0.05) is 17.3 Å². The summed E-state index contributed by atoms with van der Waals surface area (Å²) < 4.78 is 22.7. The van der Waals surface area contributed by atoms with Gasteiger partial charge in [0.05, 0.1) is 17.3 Å². The fraction of sp³-hybridized carbons (Fsp3) is 0.923. The van der Waals surface area contributed by atoms with Crippen LogP contribution in [0.3, 0.4) is 0 Å². The number of rotatable bonds is 7. The first-order valence-corrected chi connectivity index (χ1v) is 9.86. The Labute approximate surface area is 138 Å². The van der Waals surface area contributed by atoms with Crippen molar-refractivity contribution < 1.29 is 13.2 Å². The molecule has 1 saturated heterocycles. The summed E-state index contributed by atoms with van der Waals surface area (Å²) in [5.41, 5.74) is 5.38. The largest absolute Gasteiger partial charge is 0.349 e. The molecule has 8 heteroatoms. The third kappa shape index (κ3) is 7.72. The van der Waals surface area contributed by atoms with Crippen molar-refractivity contribution in [2.75, 3.05) is 23.8 Å². The highest BCUT2D eigenvalue weighted by molar-refractivity contribution is 8.02. The highest BCUT2D eigenvalue weighted by atomic mass is 35.5. The minimum absolute atomic E-state index is 0. The van der Waals surface area contributed by atoms with Gasteiger partial charge in [0.25, 0.3) is 0 Å². The Balaban J connectivity index is 0.00000400. The number of carbonyl (C=O) groups excluding carboxylic acids is 1. The molecule has 1 aliphatic rings. The number of halogens is 1. The van der Waals surface area contributed by atoms with Crippen molar-refractivity contribution in [2.45, 2.75) is 44.4 Å². The number of thioether (sulfide) groups is 1. The molecule has 0 bridgehead atoms. The molecule has 1 rings (SSSR count). The molecule has 1 aliphatic heterocycles. The van der Waals surface area contributed by atoms with Crippen LogP contribution in [-0.2, 0) is 14.6 Å². The van der Waals surface area contributed by atoms with Crippen LogP contribution >= 0.6 is 24.2 Å². The average molecular weight is 359 g/mol. The first kappa shape index (κ1) is 21.0. The second-order valence-corrected chi connectivity index (χ2v) is 9.76. The summed E-state index contributed by atoms with van der Waals surface area (Å²) in [5, 5.41) is 3.04. The summed E-state index contributed by atoms with van der Waals surface area (Å²) in [5.74, 6) is 1.14. The van der Waals surface area contributed by atoms with E-state index in [-0.39, 0.29) is 40.6 Å². The molecule has 0 spiro atoms. The SMILES string of the molecule is CC(C)CC(C)(CN)NC(=O)CSC1CCS(=O)(=O)C1.Cl. The Kier molecular flexibility index (Phi) is 8.61. The maximum atomic E-state index is 12.0. The number of amides is 1. The van der Waals surface area contributed by atoms with E-state index in [1.165, 1.54) is 11.8 Å². The van der Waals surface area contributed by atoms with E-state index in [0.29, 0.717) is 24.6 Å². The molecule has 126 valence electrons. The Hall–Kier alpha value is 0.0200. The third-order valence-corrected chi connectivity index (χ3v) is 6.67. The van der Waals surface area contributed by atoms with Crippen LogP contribution < -0.4 is 11.1 Å². The molecule has 0 aromatic heterocycles. The predicted molar refractivity (Wildman–Crippen MR) is 91.8 cm³/mol. The van der Waals surface area contributed by atoms with Crippen LogP contribution in [0, 0.1) is 5.92 Å².